The van der Waals surface area contributed by atoms with Crippen LogP contribution in [0.1, 0.15) is 59.3 Å². The second-order valence-corrected chi connectivity index (χ2v) is 10.8. The van der Waals surface area contributed by atoms with Gasteiger partial charge in [-0.2, -0.15) is 0 Å². The second-order valence-electron chi connectivity index (χ2n) is 9.48. The van der Waals surface area contributed by atoms with Crippen LogP contribution in [0.4, 0.5) is 0 Å². The quantitative estimate of drug-likeness (QED) is 0.0462. The van der Waals surface area contributed by atoms with Crippen LogP contribution in [0.15, 0.2) is 0 Å². The number of amides is 5. The topological polar surface area (TPSA) is 199 Å². The lowest BCUT2D eigenvalue weighted by Gasteiger charge is -2.21. The number of aliphatic hydroxyl groups is 1. The highest BCUT2D eigenvalue weighted by Crippen LogP contribution is 2.25. The van der Waals surface area contributed by atoms with Crippen LogP contribution in [0.5, 0.6) is 0 Å². The molecule has 44 heavy (non-hydrogen) atoms. The molecule has 1 rings (SSSR count). The average molecular weight is 651 g/mol. The minimum Gasteiger partial charge on any atom is -0.460 e. The molecule has 254 valence electrons. The Morgan fingerprint density at radius 2 is 1.73 bits per heavy atom. The van der Waals surface area contributed by atoms with Crippen molar-refractivity contribution in [3.8, 4) is 0 Å². The minimum atomic E-state index is -0.792. The van der Waals surface area contributed by atoms with E-state index >= 15 is 0 Å². The fraction of sp³-hybridized carbons (Fsp3) is 0.786. The lowest BCUT2D eigenvalue weighted by molar-refractivity contribution is -0.194. The summed E-state index contributed by atoms with van der Waals surface area (Å²) in [6.07, 6.45) is 0.0471. The van der Waals surface area contributed by atoms with Crippen LogP contribution in [0.2, 0.25) is 0 Å². The van der Waals surface area contributed by atoms with Gasteiger partial charge in [-0.05, 0) is 12.8 Å². The van der Waals surface area contributed by atoms with Gasteiger partial charge < -0.3 is 40.0 Å². The lowest BCUT2D eigenvalue weighted by atomic mass is 10.2. The third-order valence-electron chi connectivity index (χ3n) is 6.26. The summed E-state index contributed by atoms with van der Waals surface area (Å²) in [6.45, 7) is 2.55. The van der Waals surface area contributed by atoms with E-state index in [1.165, 1.54) is 25.9 Å². The maximum absolute atomic E-state index is 12.6. The van der Waals surface area contributed by atoms with Crippen molar-refractivity contribution in [1.29, 1.82) is 0 Å². The van der Waals surface area contributed by atoms with Gasteiger partial charge in [0.2, 0.25) is 29.5 Å². The number of hydrogen-bond donors (Lipinski definition) is 4. The summed E-state index contributed by atoms with van der Waals surface area (Å²) in [5.41, 5.74) is 0. The lowest BCUT2D eigenvalue weighted by Crippen LogP contribution is -2.36. The van der Waals surface area contributed by atoms with Crippen LogP contribution in [0.3, 0.4) is 0 Å². The monoisotopic (exact) mass is 650 g/mol. The molecular formula is C28H50N4O11S. The number of likely N-dealkylation sites (tertiary alicyclic amines) is 1. The van der Waals surface area contributed by atoms with E-state index in [4.69, 9.17) is 18.9 Å². The van der Waals surface area contributed by atoms with Crippen molar-refractivity contribution in [1.82, 2.24) is 20.9 Å². The van der Waals surface area contributed by atoms with Crippen LogP contribution in [-0.4, -0.2) is 129 Å². The molecule has 0 spiro atoms. The summed E-state index contributed by atoms with van der Waals surface area (Å²) in [6, 6.07) is 0. The summed E-state index contributed by atoms with van der Waals surface area (Å²) in [4.78, 5) is 73.1. The van der Waals surface area contributed by atoms with E-state index in [0.29, 0.717) is 12.2 Å². The Labute approximate surface area is 263 Å². The number of imide groups is 1. The number of methoxy groups -OCH3 is 1. The molecule has 3 unspecified atom stereocenters. The molecule has 0 aromatic rings. The van der Waals surface area contributed by atoms with Gasteiger partial charge in [0.05, 0.1) is 31.2 Å². The van der Waals surface area contributed by atoms with E-state index in [0.717, 1.165) is 4.90 Å². The molecule has 0 saturated carbocycles. The van der Waals surface area contributed by atoms with E-state index in [-0.39, 0.29) is 122 Å². The standard InChI is InChI=1S/C27H46N4O11S.CH4/c1-4-19(17-32)42-26(39-3)18-41-25(37)7-5-6-22(34)30-11-15-43-20-16-24(36)31(27(20)38)12-8-23(35)29-10-14-40-13-9-21(33)28-2;/h19-20,26,32H,4-18H2,1-3H3,(H,28,33)(H,29,35)(H,30,34);1H4. The molecule has 1 saturated heterocycles. The zero-order chi connectivity index (χ0) is 32.0. The molecule has 3 atom stereocenters. The van der Waals surface area contributed by atoms with Gasteiger partial charge in [0.15, 0.2) is 6.29 Å². The van der Waals surface area contributed by atoms with Crippen molar-refractivity contribution in [3.05, 3.63) is 0 Å². The molecule has 4 N–H and O–H groups in total. The Bertz CT molecular complexity index is 905. The van der Waals surface area contributed by atoms with Crippen molar-refractivity contribution in [2.24, 2.45) is 0 Å². The Balaban J connectivity index is 0.0000185. The van der Waals surface area contributed by atoms with Crippen LogP contribution in [0, 0.1) is 0 Å². The van der Waals surface area contributed by atoms with Crippen molar-refractivity contribution < 1.29 is 52.8 Å². The van der Waals surface area contributed by atoms with Crippen molar-refractivity contribution in [2.45, 2.75) is 76.9 Å². The van der Waals surface area contributed by atoms with Gasteiger partial charge in [-0.3, -0.25) is 33.7 Å². The Morgan fingerprint density at radius 1 is 1.02 bits per heavy atom. The summed E-state index contributed by atoms with van der Waals surface area (Å²) in [5, 5.41) is 16.5. The summed E-state index contributed by atoms with van der Waals surface area (Å²) >= 11 is 1.26. The molecule has 5 amide bonds. The van der Waals surface area contributed by atoms with Gasteiger partial charge in [0.1, 0.15) is 6.61 Å². The molecule has 1 aliphatic heterocycles. The van der Waals surface area contributed by atoms with E-state index in [2.05, 4.69) is 16.0 Å². The fourth-order valence-corrected chi connectivity index (χ4v) is 4.76. The second kappa shape index (κ2) is 24.5. The normalized spacial score (nSPS) is 15.7. The third-order valence-corrected chi connectivity index (χ3v) is 7.47. The summed E-state index contributed by atoms with van der Waals surface area (Å²) < 4.78 is 20.9. The molecule has 1 fully saturated rings. The van der Waals surface area contributed by atoms with Gasteiger partial charge in [0.25, 0.3) is 0 Å². The molecule has 0 aliphatic carbocycles. The highest BCUT2D eigenvalue weighted by Gasteiger charge is 2.38. The van der Waals surface area contributed by atoms with E-state index in [1.54, 1.807) is 0 Å². The molecule has 15 nitrogen and oxygen atoms in total. The number of nitrogens with one attached hydrogen (secondary N) is 3. The Kier molecular flexibility index (Phi) is 23.0. The van der Waals surface area contributed by atoms with Crippen LogP contribution < -0.4 is 16.0 Å². The summed E-state index contributed by atoms with van der Waals surface area (Å²) in [5.74, 6) is -1.49. The molecule has 0 aromatic heterocycles. The van der Waals surface area contributed by atoms with Crippen molar-refractivity contribution in [2.75, 3.05) is 66.0 Å². The third kappa shape index (κ3) is 17.5. The molecule has 0 bridgehead atoms. The zero-order valence-electron chi connectivity index (χ0n) is 25.2. The number of carbonyl (C=O) groups is 6. The molecule has 16 heteroatoms. The number of hydrogen-bond acceptors (Lipinski definition) is 12. The van der Waals surface area contributed by atoms with Gasteiger partial charge in [-0.1, -0.05) is 14.4 Å². The first-order valence-corrected chi connectivity index (χ1v) is 15.4. The number of aliphatic hydroxyl groups excluding tert-OH is 1. The predicted octanol–water partition coefficient (Wildman–Crippen LogP) is -0.268. The first kappa shape index (κ1) is 41.2. The van der Waals surface area contributed by atoms with Crippen LogP contribution >= 0.6 is 11.8 Å². The first-order chi connectivity index (χ1) is 20.6. The van der Waals surface area contributed by atoms with Crippen molar-refractivity contribution in [3.63, 3.8) is 0 Å². The number of ether oxygens (including phenoxy) is 4. The number of nitrogens with zero attached hydrogens (tertiary/aromatic N) is 1. The minimum absolute atomic E-state index is 0. The molecule has 0 aromatic carbocycles. The van der Waals surface area contributed by atoms with Gasteiger partial charge in [0, 0.05) is 71.6 Å². The SMILES string of the molecule is C.CCC(CO)OC(COC(=O)CCCC(=O)NCCSC1CC(=O)N(CCC(=O)NCCOCCC(=O)NC)C1=O)OC. The van der Waals surface area contributed by atoms with Crippen LogP contribution in [-0.2, 0) is 47.7 Å². The number of rotatable bonds is 24. The maximum atomic E-state index is 12.6. The average Bonchev–Trinajstić information content (AvgIpc) is 3.27. The highest BCUT2D eigenvalue weighted by atomic mass is 32.2. The highest BCUT2D eigenvalue weighted by molar-refractivity contribution is 8.00. The maximum Gasteiger partial charge on any atom is 0.305 e. The summed E-state index contributed by atoms with van der Waals surface area (Å²) in [7, 11) is 2.94. The van der Waals surface area contributed by atoms with Gasteiger partial charge >= 0.3 is 5.97 Å². The number of carbonyl (C=O) groups excluding carboxylic acids is 6. The fourth-order valence-electron chi connectivity index (χ4n) is 3.73. The smallest absolute Gasteiger partial charge is 0.305 e. The van der Waals surface area contributed by atoms with E-state index in [1.807, 2.05) is 6.92 Å². The van der Waals surface area contributed by atoms with E-state index < -0.39 is 23.6 Å². The molecule has 1 heterocycles. The van der Waals surface area contributed by atoms with Gasteiger partial charge in [-0.15, -0.1) is 11.8 Å². The predicted molar refractivity (Wildman–Crippen MR) is 162 cm³/mol. The largest absolute Gasteiger partial charge is 0.460 e. The first-order valence-electron chi connectivity index (χ1n) is 14.4. The number of esters is 1. The Hall–Kier alpha value is -2.79. The molecule has 0 radical (unpaired) electrons. The van der Waals surface area contributed by atoms with Crippen molar-refractivity contribution >= 4 is 47.3 Å². The molecular weight excluding hydrogens is 600 g/mol. The van der Waals surface area contributed by atoms with Gasteiger partial charge in [-0.25, -0.2) is 0 Å². The number of thioether (sulfide) groups is 1. The van der Waals surface area contributed by atoms with E-state index in [9.17, 15) is 33.9 Å². The Morgan fingerprint density at radius 3 is 2.39 bits per heavy atom. The zero-order valence-corrected chi connectivity index (χ0v) is 26.0. The van der Waals surface area contributed by atoms with Crippen LogP contribution in [0.25, 0.3) is 0 Å². The molecule has 1 aliphatic rings.